The van der Waals surface area contributed by atoms with E-state index in [-0.39, 0.29) is 0 Å². The zero-order chi connectivity index (χ0) is 36.3. The van der Waals surface area contributed by atoms with Crippen molar-refractivity contribution in [3.05, 3.63) is 188 Å². The molecular weight excluding hydrogens is 675 g/mol. The molecular formula is C48H31N7. The molecule has 11 aromatic rings. The van der Waals surface area contributed by atoms with Crippen molar-refractivity contribution in [3.63, 3.8) is 0 Å². The summed E-state index contributed by atoms with van der Waals surface area (Å²) < 4.78 is 6.91. The summed E-state index contributed by atoms with van der Waals surface area (Å²) >= 11 is 0. The summed E-state index contributed by atoms with van der Waals surface area (Å²) in [6.45, 7) is 0. The Morgan fingerprint density at radius 1 is 0.327 bits per heavy atom. The highest BCUT2D eigenvalue weighted by Gasteiger charge is 2.23. The van der Waals surface area contributed by atoms with Gasteiger partial charge in [-0.3, -0.25) is 13.5 Å². The van der Waals surface area contributed by atoms with E-state index in [2.05, 4.69) is 141 Å². The summed E-state index contributed by atoms with van der Waals surface area (Å²) in [6.07, 6.45) is 0. The second-order valence-corrected chi connectivity index (χ2v) is 13.6. The quantitative estimate of drug-likeness (QED) is 0.173. The molecule has 258 valence electrons. The van der Waals surface area contributed by atoms with Crippen molar-refractivity contribution < 1.29 is 0 Å². The van der Waals surface area contributed by atoms with Crippen LogP contribution in [0, 0.1) is 0 Å². The Kier molecular flexibility index (Phi) is 7.03. The third kappa shape index (κ3) is 5.05. The maximum absolute atomic E-state index is 5.41. The molecule has 0 aliphatic carbocycles. The first-order valence-electron chi connectivity index (χ1n) is 18.3. The van der Waals surface area contributed by atoms with Gasteiger partial charge in [-0.05, 0) is 59.7 Å². The molecule has 0 atom stereocenters. The summed E-state index contributed by atoms with van der Waals surface area (Å²) in [5.74, 6) is 2.76. The molecule has 7 heteroatoms. The molecule has 0 aliphatic heterocycles. The molecule has 4 aromatic heterocycles. The first-order chi connectivity index (χ1) is 27.3. The fourth-order valence-electron chi connectivity index (χ4n) is 7.79. The van der Waals surface area contributed by atoms with Crippen molar-refractivity contribution in [3.8, 4) is 56.7 Å². The first-order valence-corrected chi connectivity index (χ1v) is 18.3. The lowest BCUT2D eigenvalue weighted by atomic mass is 10.0. The minimum absolute atomic E-state index is 0.624. The maximum atomic E-state index is 5.41. The van der Waals surface area contributed by atoms with E-state index in [4.69, 9.17) is 19.9 Å². The van der Waals surface area contributed by atoms with Crippen LogP contribution in [0.25, 0.3) is 95.5 Å². The van der Waals surface area contributed by atoms with Gasteiger partial charge in [-0.2, -0.15) is 0 Å². The molecule has 0 radical (unpaired) electrons. The fourth-order valence-corrected chi connectivity index (χ4v) is 7.79. The summed E-state index contributed by atoms with van der Waals surface area (Å²) in [5, 5.41) is 1.12. The zero-order valence-electron chi connectivity index (χ0n) is 29.5. The van der Waals surface area contributed by atoms with Crippen LogP contribution < -0.4 is 0 Å². The van der Waals surface area contributed by atoms with Gasteiger partial charge in [0, 0.05) is 33.5 Å². The Balaban J connectivity index is 1.08. The van der Waals surface area contributed by atoms with Gasteiger partial charge in [-0.15, -0.1) is 0 Å². The molecule has 7 nitrogen and oxygen atoms in total. The van der Waals surface area contributed by atoms with E-state index in [0.717, 1.165) is 78.1 Å². The van der Waals surface area contributed by atoms with Gasteiger partial charge in [-0.25, -0.2) is 19.9 Å². The number of hydrogen-bond donors (Lipinski definition) is 0. The fraction of sp³-hybridized carbons (Fsp3) is 0. The SMILES string of the molecule is c1ccc(-c2nc(-c3ccccc3)nc(-c3cccc(-c4cccc(-n5c6ccccc6n6c5nc5c7ccccc7n(-c7ccccc7)c56)c4)c3)n2)cc1. The van der Waals surface area contributed by atoms with Gasteiger partial charge in [0.05, 0.1) is 16.6 Å². The Labute approximate surface area is 316 Å². The maximum Gasteiger partial charge on any atom is 0.221 e. The number of nitrogens with zero attached hydrogens (tertiary/aromatic N) is 7. The molecule has 11 rings (SSSR count). The van der Waals surface area contributed by atoms with Crippen LogP contribution >= 0.6 is 0 Å². The van der Waals surface area contributed by atoms with Crippen molar-refractivity contribution in [2.45, 2.75) is 0 Å². The molecule has 0 amide bonds. The predicted molar refractivity (Wildman–Crippen MR) is 221 cm³/mol. The first kappa shape index (κ1) is 30.9. The molecule has 0 unspecified atom stereocenters. The van der Waals surface area contributed by atoms with E-state index >= 15 is 0 Å². The molecule has 0 spiro atoms. The van der Waals surface area contributed by atoms with Crippen molar-refractivity contribution in [2.75, 3.05) is 0 Å². The molecule has 0 saturated carbocycles. The van der Waals surface area contributed by atoms with E-state index < -0.39 is 0 Å². The van der Waals surface area contributed by atoms with E-state index in [1.54, 1.807) is 0 Å². The van der Waals surface area contributed by atoms with Gasteiger partial charge >= 0.3 is 0 Å². The van der Waals surface area contributed by atoms with Crippen LogP contribution in [0.2, 0.25) is 0 Å². The summed E-state index contributed by atoms with van der Waals surface area (Å²) in [6, 6.07) is 64.9. The average molecular weight is 706 g/mol. The largest absolute Gasteiger partial charge is 0.294 e. The minimum atomic E-state index is 0.624. The van der Waals surface area contributed by atoms with Gasteiger partial charge in [0.25, 0.3) is 0 Å². The van der Waals surface area contributed by atoms with Crippen LogP contribution in [0.3, 0.4) is 0 Å². The monoisotopic (exact) mass is 705 g/mol. The lowest BCUT2D eigenvalue weighted by Crippen LogP contribution is -2.00. The normalized spacial score (nSPS) is 11.6. The lowest BCUT2D eigenvalue weighted by Gasteiger charge is -2.11. The summed E-state index contributed by atoms with van der Waals surface area (Å²) in [5.41, 5.74) is 12.4. The van der Waals surface area contributed by atoms with Crippen LogP contribution in [0.5, 0.6) is 0 Å². The van der Waals surface area contributed by atoms with E-state index in [9.17, 15) is 0 Å². The van der Waals surface area contributed by atoms with Crippen molar-refractivity contribution >= 4 is 38.9 Å². The number of imidazole rings is 2. The highest BCUT2D eigenvalue weighted by molar-refractivity contribution is 6.09. The smallest absolute Gasteiger partial charge is 0.221 e. The average Bonchev–Trinajstić information content (AvgIpc) is 3.90. The third-order valence-electron chi connectivity index (χ3n) is 10.3. The number of fused-ring (bicyclic) bond motifs is 7. The van der Waals surface area contributed by atoms with Crippen LogP contribution in [-0.2, 0) is 0 Å². The Hall–Kier alpha value is -7.64. The standard InChI is InChI=1S/C48H31N7/c1-4-16-32(17-5-1)44-50-45(33-18-6-2-7-19-33)52-46(51-44)36-22-14-20-34(30-36)35-21-15-25-38(31-35)54-41-28-12-13-29-42(41)55-47-43(49-48(54)55)39-26-10-11-27-40(39)53(47)37-23-8-3-9-24-37/h1-31H. The number of hydrogen-bond acceptors (Lipinski definition) is 4. The Morgan fingerprint density at radius 2 is 0.818 bits per heavy atom. The predicted octanol–water partition coefficient (Wildman–Crippen LogP) is 11.2. The van der Waals surface area contributed by atoms with Gasteiger partial charge in [0.1, 0.15) is 5.52 Å². The van der Waals surface area contributed by atoms with Gasteiger partial charge < -0.3 is 0 Å². The van der Waals surface area contributed by atoms with E-state index in [0.29, 0.717) is 17.5 Å². The second kappa shape index (κ2) is 12.5. The highest BCUT2D eigenvalue weighted by atomic mass is 15.3. The van der Waals surface area contributed by atoms with Crippen molar-refractivity contribution in [1.82, 2.24) is 33.5 Å². The van der Waals surface area contributed by atoms with Crippen LogP contribution in [0.1, 0.15) is 0 Å². The molecule has 0 saturated heterocycles. The third-order valence-corrected chi connectivity index (χ3v) is 10.3. The summed E-state index contributed by atoms with van der Waals surface area (Å²) in [7, 11) is 0. The topological polar surface area (TPSA) is 65.8 Å². The van der Waals surface area contributed by atoms with Crippen LogP contribution in [0.15, 0.2) is 188 Å². The second-order valence-electron chi connectivity index (χ2n) is 13.6. The van der Waals surface area contributed by atoms with Crippen LogP contribution in [-0.4, -0.2) is 33.5 Å². The van der Waals surface area contributed by atoms with E-state index in [1.807, 2.05) is 60.7 Å². The molecule has 7 aromatic carbocycles. The molecule has 0 aliphatic rings. The molecule has 55 heavy (non-hydrogen) atoms. The lowest BCUT2D eigenvalue weighted by molar-refractivity contribution is 1.07. The van der Waals surface area contributed by atoms with Crippen molar-refractivity contribution in [1.29, 1.82) is 0 Å². The van der Waals surface area contributed by atoms with Gasteiger partial charge in [0.2, 0.25) is 5.78 Å². The number of rotatable bonds is 6. The van der Waals surface area contributed by atoms with Crippen LogP contribution in [0.4, 0.5) is 0 Å². The number of benzene rings is 7. The molecule has 4 heterocycles. The minimum Gasteiger partial charge on any atom is -0.294 e. The Bertz CT molecular complexity index is 3140. The molecule has 0 fully saturated rings. The zero-order valence-corrected chi connectivity index (χ0v) is 29.5. The highest BCUT2D eigenvalue weighted by Crippen LogP contribution is 2.37. The molecule has 0 bridgehead atoms. The Morgan fingerprint density at radius 3 is 1.51 bits per heavy atom. The number of para-hydroxylation sites is 4. The van der Waals surface area contributed by atoms with Gasteiger partial charge in [-0.1, -0.05) is 140 Å². The van der Waals surface area contributed by atoms with Gasteiger partial charge in [0.15, 0.2) is 23.1 Å². The van der Waals surface area contributed by atoms with E-state index in [1.165, 1.54) is 0 Å². The summed E-state index contributed by atoms with van der Waals surface area (Å²) in [4.78, 5) is 20.3. The van der Waals surface area contributed by atoms with Crippen molar-refractivity contribution in [2.24, 2.45) is 0 Å². The number of aromatic nitrogens is 7. The molecule has 0 N–H and O–H groups in total.